The van der Waals surface area contributed by atoms with Gasteiger partial charge in [-0.2, -0.15) is 0 Å². The van der Waals surface area contributed by atoms with Crippen LogP contribution in [0.4, 0.5) is 11.4 Å². The average Bonchev–Trinajstić information content (AvgIpc) is 2.66. The number of ether oxygens (including phenoxy) is 2. The van der Waals surface area contributed by atoms with Crippen molar-refractivity contribution in [2.45, 2.75) is 39.7 Å². The molecule has 8 heteroatoms. The van der Waals surface area contributed by atoms with Crippen molar-refractivity contribution in [3.05, 3.63) is 63.7 Å². The van der Waals surface area contributed by atoms with Gasteiger partial charge in [0, 0.05) is 6.07 Å². The zero-order chi connectivity index (χ0) is 21.6. The first kappa shape index (κ1) is 21.9. The summed E-state index contributed by atoms with van der Waals surface area (Å²) in [4.78, 5) is 34.6. The van der Waals surface area contributed by atoms with Crippen molar-refractivity contribution in [3.63, 3.8) is 0 Å². The Bertz CT molecular complexity index is 910. The minimum atomic E-state index is -1.14. The van der Waals surface area contributed by atoms with E-state index >= 15 is 0 Å². The molecule has 1 N–H and O–H groups in total. The predicted octanol–water partition coefficient (Wildman–Crippen LogP) is 3.98. The van der Waals surface area contributed by atoms with Crippen molar-refractivity contribution in [1.82, 2.24) is 0 Å². The number of nitro benzene ring substituents is 1. The summed E-state index contributed by atoms with van der Waals surface area (Å²) >= 11 is 0. The summed E-state index contributed by atoms with van der Waals surface area (Å²) in [6.07, 6.45) is -1.14. The Hall–Kier alpha value is -3.42. The Kier molecular flexibility index (Phi) is 7.30. The number of nitro groups is 1. The minimum Gasteiger partial charge on any atom is -0.482 e. The van der Waals surface area contributed by atoms with Crippen LogP contribution >= 0.6 is 0 Å². The maximum atomic E-state index is 12.2. The summed E-state index contributed by atoms with van der Waals surface area (Å²) in [5, 5.41) is 13.4. The van der Waals surface area contributed by atoms with E-state index in [0.717, 1.165) is 5.56 Å². The van der Waals surface area contributed by atoms with Crippen LogP contribution in [-0.2, 0) is 14.3 Å². The van der Waals surface area contributed by atoms with E-state index in [2.05, 4.69) is 19.2 Å². The van der Waals surface area contributed by atoms with Crippen LogP contribution in [0.15, 0.2) is 42.5 Å². The number of benzene rings is 2. The molecule has 0 saturated carbocycles. The van der Waals surface area contributed by atoms with Crippen LogP contribution in [-0.4, -0.2) is 29.5 Å². The molecule has 0 fully saturated rings. The Morgan fingerprint density at radius 2 is 1.83 bits per heavy atom. The van der Waals surface area contributed by atoms with Gasteiger partial charge >= 0.3 is 5.97 Å². The van der Waals surface area contributed by atoms with Gasteiger partial charge in [0.2, 0.25) is 0 Å². The summed E-state index contributed by atoms with van der Waals surface area (Å²) in [7, 11) is 0. The number of esters is 1. The van der Waals surface area contributed by atoms with Gasteiger partial charge in [-0.25, -0.2) is 4.79 Å². The molecule has 29 heavy (non-hydrogen) atoms. The van der Waals surface area contributed by atoms with E-state index < -0.39 is 22.9 Å². The number of hydrogen-bond acceptors (Lipinski definition) is 6. The average molecular weight is 400 g/mol. The fourth-order valence-electron chi connectivity index (χ4n) is 2.79. The number of carbonyl (C=O) groups excluding carboxylic acids is 2. The number of rotatable bonds is 8. The number of nitrogens with one attached hydrogen (secondary N) is 1. The summed E-state index contributed by atoms with van der Waals surface area (Å²) in [6.45, 7) is 7.18. The van der Waals surface area contributed by atoms with Gasteiger partial charge in [-0.1, -0.05) is 32.0 Å². The van der Waals surface area contributed by atoms with Gasteiger partial charge in [-0.3, -0.25) is 14.9 Å². The standard InChI is InChI=1S/C21H24N2O6/c1-13(2)17-10-9-16(11-14(17)3)28-12-20(24)29-15(4)21(25)22-18-7-5-6-8-19(18)23(26)27/h5-11,13,15H,12H2,1-4H3,(H,22,25)/t15-/m1/s1. The molecule has 0 aliphatic heterocycles. The van der Waals surface area contributed by atoms with Gasteiger partial charge in [0.05, 0.1) is 4.92 Å². The highest BCUT2D eigenvalue weighted by Gasteiger charge is 2.21. The van der Waals surface area contributed by atoms with E-state index in [4.69, 9.17) is 9.47 Å². The van der Waals surface area contributed by atoms with Crippen molar-refractivity contribution >= 4 is 23.3 Å². The molecule has 0 heterocycles. The lowest BCUT2D eigenvalue weighted by atomic mass is 9.98. The second kappa shape index (κ2) is 9.68. The highest BCUT2D eigenvalue weighted by molar-refractivity contribution is 5.96. The smallest absolute Gasteiger partial charge is 0.344 e. The fourth-order valence-corrected chi connectivity index (χ4v) is 2.79. The van der Waals surface area contributed by atoms with Gasteiger partial charge < -0.3 is 14.8 Å². The summed E-state index contributed by atoms with van der Waals surface area (Å²) < 4.78 is 10.5. The van der Waals surface area contributed by atoms with E-state index in [1.807, 2.05) is 19.1 Å². The van der Waals surface area contributed by atoms with Gasteiger partial charge in [0.1, 0.15) is 11.4 Å². The molecule has 0 unspecified atom stereocenters. The molecule has 0 saturated heterocycles. The topological polar surface area (TPSA) is 108 Å². The largest absolute Gasteiger partial charge is 0.482 e. The molecule has 0 radical (unpaired) electrons. The molecular weight excluding hydrogens is 376 g/mol. The number of para-hydroxylation sites is 2. The van der Waals surface area contributed by atoms with Crippen LogP contribution in [0.5, 0.6) is 5.75 Å². The van der Waals surface area contributed by atoms with Crippen LogP contribution in [0.2, 0.25) is 0 Å². The SMILES string of the molecule is Cc1cc(OCC(=O)O[C@H](C)C(=O)Nc2ccccc2[N+](=O)[O-])ccc1C(C)C. The molecule has 0 aliphatic carbocycles. The molecule has 154 valence electrons. The van der Waals surface area contributed by atoms with Crippen LogP contribution in [0.25, 0.3) is 0 Å². The molecule has 1 amide bonds. The fraction of sp³-hybridized carbons (Fsp3) is 0.333. The molecule has 8 nitrogen and oxygen atoms in total. The van der Waals surface area contributed by atoms with E-state index in [9.17, 15) is 19.7 Å². The third kappa shape index (κ3) is 6.03. The number of nitrogens with zero attached hydrogens (tertiary/aromatic N) is 1. The predicted molar refractivity (Wildman–Crippen MR) is 108 cm³/mol. The number of aryl methyl sites for hydroxylation is 1. The summed E-state index contributed by atoms with van der Waals surface area (Å²) in [5.74, 6) is -0.486. The molecule has 1 atom stereocenters. The molecule has 0 aliphatic rings. The minimum absolute atomic E-state index is 0.0300. The zero-order valence-electron chi connectivity index (χ0n) is 16.8. The molecular formula is C21H24N2O6. The molecule has 2 aromatic carbocycles. The zero-order valence-corrected chi connectivity index (χ0v) is 16.8. The molecule has 2 aromatic rings. The van der Waals surface area contributed by atoms with E-state index in [1.165, 1.54) is 30.7 Å². The Labute approximate surface area is 169 Å². The number of hydrogen-bond donors (Lipinski definition) is 1. The summed E-state index contributed by atoms with van der Waals surface area (Å²) in [5.41, 5.74) is 2.04. The lowest BCUT2D eigenvalue weighted by molar-refractivity contribution is -0.383. The first-order chi connectivity index (χ1) is 13.7. The third-order valence-corrected chi connectivity index (χ3v) is 4.26. The lowest BCUT2D eigenvalue weighted by Gasteiger charge is -2.15. The summed E-state index contributed by atoms with van der Waals surface area (Å²) in [6, 6.07) is 11.3. The Morgan fingerprint density at radius 3 is 2.45 bits per heavy atom. The van der Waals surface area contributed by atoms with Crippen LogP contribution < -0.4 is 10.1 Å². The van der Waals surface area contributed by atoms with Crippen LogP contribution in [0, 0.1) is 17.0 Å². The van der Waals surface area contributed by atoms with Gasteiger partial charge in [0.15, 0.2) is 12.7 Å². The quantitative estimate of drug-likeness (QED) is 0.408. The van der Waals surface area contributed by atoms with Crippen molar-refractivity contribution in [2.75, 3.05) is 11.9 Å². The Balaban J connectivity index is 1.89. The van der Waals surface area contributed by atoms with Crippen molar-refractivity contribution in [1.29, 1.82) is 0 Å². The molecule has 0 spiro atoms. The maximum absolute atomic E-state index is 12.2. The van der Waals surface area contributed by atoms with Crippen molar-refractivity contribution in [3.8, 4) is 5.75 Å². The normalized spacial score (nSPS) is 11.6. The van der Waals surface area contributed by atoms with E-state index in [-0.39, 0.29) is 18.0 Å². The highest BCUT2D eigenvalue weighted by atomic mass is 16.6. The van der Waals surface area contributed by atoms with Crippen molar-refractivity contribution < 1.29 is 24.0 Å². The van der Waals surface area contributed by atoms with Crippen LogP contribution in [0.3, 0.4) is 0 Å². The lowest BCUT2D eigenvalue weighted by Crippen LogP contribution is -2.31. The van der Waals surface area contributed by atoms with Gasteiger partial charge in [-0.15, -0.1) is 0 Å². The number of carbonyl (C=O) groups is 2. The first-order valence-corrected chi connectivity index (χ1v) is 9.16. The van der Waals surface area contributed by atoms with Gasteiger partial charge in [-0.05, 0) is 49.1 Å². The second-order valence-electron chi connectivity index (χ2n) is 6.86. The molecule has 2 rings (SSSR count). The third-order valence-electron chi connectivity index (χ3n) is 4.26. The Morgan fingerprint density at radius 1 is 1.14 bits per heavy atom. The first-order valence-electron chi connectivity index (χ1n) is 9.16. The molecule has 0 aromatic heterocycles. The van der Waals surface area contributed by atoms with Crippen molar-refractivity contribution in [2.24, 2.45) is 0 Å². The number of amides is 1. The highest BCUT2D eigenvalue weighted by Crippen LogP contribution is 2.24. The van der Waals surface area contributed by atoms with E-state index in [1.54, 1.807) is 12.1 Å². The molecule has 0 bridgehead atoms. The number of anilines is 1. The monoisotopic (exact) mass is 400 g/mol. The second-order valence-corrected chi connectivity index (χ2v) is 6.86. The van der Waals surface area contributed by atoms with E-state index in [0.29, 0.717) is 11.7 Å². The maximum Gasteiger partial charge on any atom is 0.344 e. The van der Waals surface area contributed by atoms with Gasteiger partial charge in [0.25, 0.3) is 11.6 Å². The van der Waals surface area contributed by atoms with Crippen LogP contribution in [0.1, 0.15) is 37.8 Å².